The quantitative estimate of drug-likeness (QED) is 0.597. The molecule has 5 nitrogen and oxygen atoms in total. The minimum Gasteiger partial charge on any atom is -0.339 e. The summed E-state index contributed by atoms with van der Waals surface area (Å²) in [6, 6.07) is 1.79. The maximum atomic E-state index is 12.3. The standard InChI is InChI=1S/C12H18N4O/c1-9-7-11(15-13)10(8-14-9)12(17)16-5-3-2-4-6-16/h7-8H,2-6,13H2,1H3,(H,14,15). The van der Waals surface area contributed by atoms with Crippen molar-refractivity contribution in [2.75, 3.05) is 18.5 Å². The number of hydrazine groups is 1. The zero-order valence-corrected chi connectivity index (χ0v) is 10.1. The number of nitrogens with zero attached hydrogens (tertiary/aromatic N) is 2. The highest BCUT2D eigenvalue weighted by molar-refractivity contribution is 5.99. The Labute approximate surface area is 101 Å². The van der Waals surface area contributed by atoms with Crippen molar-refractivity contribution in [1.29, 1.82) is 0 Å². The number of carbonyl (C=O) groups is 1. The molecule has 2 heterocycles. The van der Waals surface area contributed by atoms with Gasteiger partial charge in [0.05, 0.1) is 11.3 Å². The molecule has 2 rings (SSSR count). The number of nitrogens with one attached hydrogen (secondary N) is 1. The third-order valence-electron chi connectivity index (χ3n) is 3.07. The Bertz CT molecular complexity index is 413. The van der Waals surface area contributed by atoms with E-state index in [0.29, 0.717) is 11.3 Å². The van der Waals surface area contributed by atoms with Crippen molar-refractivity contribution in [2.24, 2.45) is 5.84 Å². The van der Waals surface area contributed by atoms with Crippen LogP contribution in [0.4, 0.5) is 5.69 Å². The number of carbonyl (C=O) groups excluding carboxylic acids is 1. The number of nitrogen functional groups attached to an aromatic ring is 1. The van der Waals surface area contributed by atoms with Crippen LogP contribution in [0.1, 0.15) is 35.3 Å². The van der Waals surface area contributed by atoms with Gasteiger partial charge in [-0.05, 0) is 32.3 Å². The lowest BCUT2D eigenvalue weighted by Crippen LogP contribution is -2.36. The highest BCUT2D eigenvalue weighted by Gasteiger charge is 2.20. The molecule has 0 aliphatic carbocycles. The van der Waals surface area contributed by atoms with Crippen LogP contribution in [0.15, 0.2) is 12.3 Å². The van der Waals surface area contributed by atoms with Crippen molar-refractivity contribution in [3.05, 3.63) is 23.5 Å². The zero-order valence-electron chi connectivity index (χ0n) is 10.1. The van der Waals surface area contributed by atoms with Crippen LogP contribution in [0.2, 0.25) is 0 Å². The zero-order chi connectivity index (χ0) is 12.3. The van der Waals surface area contributed by atoms with Crippen LogP contribution < -0.4 is 11.3 Å². The van der Waals surface area contributed by atoms with Crippen molar-refractivity contribution >= 4 is 11.6 Å². The molecule has 0 bridgehead atoms. The molecule has 0 aromatic carbocycles. The lowest BCUT2D eigenvalue weighted by atomic mass is 10.1. The Morgan fingerprint density at radius 2 is 2.12 bits per heavy atom. The summed E-state index contributed by atoms with van der Waals surface area (Å²) in [5, 5.41) is 0. The normalized spacial score (nSPS) is 15.8. The monoisotopic (exact) mass is 234 g/mol. The Morgan fingerprint density at radius 3 is 2.76 bits per heavy atom. The Kier molecular flexibility index (Phi) is 3.58. The number of likely N-dealkylation sites (tertiary alicyclic amines) is 1. The molecule has 0 unspecified atom stereocenters. The van der Waals surface area contributed by atoms with Gasteiger partial charge in [0.2, 0.25) is 0 Å². The van der Waals surface area contributed by atoms with E-state index >= 15 is 0 Å². The molecule has 92 valence electrons. The van der Waals surface area contributed by atoms with E-state index in [4.69, 9.17) is 5.84 Å². The molecule has 3 N–H and O–H groups in total. The Morgan fingerprint density at radius 1 is 1.41 bits per heavy atom. The molecule has 1 aliphatic heterocycles. The maximum Gasteiger partial charge on any atom is 0.257 e. The largest absolute Gasteiger partial charge is 0.339 e. The van der Waals surface area contributed by atoms with Gasteiger partial charge in [0, 0.05) is 25.0 Å². The second-order valence-corrected chi connectivity index (χ2v) is 4.37. The summed E-state index contributed by atoms with van der Waals surface area (Å²) >= 11 is 0. The first-order chi connectivity index (χ1) is 8.22. The molecular weight excluding hydrogens is 216 g/mol. The van der Waals surface area contributed by atoms with Crippen molar-refractivity contribution in [3.63, 3.8) is 0 Å². The topological polar surface area (TPSA) is 71.2 Å². The Hall–Kier alpha value is -1.62. The van der Waals surface area contributed by atoms with Crippen LogP contribution in [0.25, 0.3) is 0 Å². The van der Waals surface area contributed by atoms with Crippen molar-refractivity contribution in [2.45, 2.75) is 26.2 Å². The summed E-state index contributed by atoms with van der Waals surface area (Å²) in [5.41, 5.74) is 4.61. The van der Waals surface area contributed by atoms with Crippen molar-refractivity contribution < 1.29 is 4.79 Å². The van der Waals surface area contributed by atoms with Crippen LogP contribution in [-0.2, 0) is 0 Å². The number of aryl methyl sites for hydroxylation is 1. The molecule has 0 atom stereocenters. The van der Waals surface area contributed by atoms with Gasteiger partial charge in [-0.25, -0.2) is 0 Å². The summed E-state index contributed by atoms with van der Waals surface area (Å²) < 4.78 is 0. The highest BCUT2D eigenvalue weighted by Crippen LogP contribution is 2.19. The fourth-order valence-corrected chi connectivity index (χ4v) is 2.12. The van der Waals surface area contributed by atoms with E-state index in [2.05, 4.69) is 10.4 Å². The summed E-state index contributed by atoms with van der Waals surface area (Å²) in [5.74, 6) is 5.46. The fourth-order valence-electron chi connectivity index (χ4n) is 2.12. The third kappa shape index (κ3) is 2.55. The van der Waals surface area contributed by atoms with E-state index in [1.54, 1.807) is 12.3 Å². The maximum absolute atomic E-state index is 12.3. The molecule has 1 saturated heterocycles. The van der Waals surface area contributed by atoms with Gasteiger partial charge in [-0.2, -0.15) is 0 Å². The number of hydrogen-bond acceptors (Lipinski definition) is 4. The lowest BCUT2D eigenvalue weighted by molar-refractivity contribution is 0.0725. The van der Waals surface area contributed by atoms with Crippen LogP contribution in [0, 0.1) is 6.92 Å². The number of amides is 1. The van der Waals surface area contributed by atoms with Gasteiger partial charge < -0.3 is 10.3 Å². The van der Waals surface area contributed by atoms with E-state index in [-0.39, 0.29) is 5.91 Å². The molecule has 1 aromatic heterocycles. The average Bonchev–Trinajstić information content (AvgIpc) is 2.39. The second kappa shape index (κ2) is 5.14. The van der Waals surface area contributed by atoms with E-state index in [1.807, 2.05) is 11.8 Å². The van der Waals surface area contributed by atoms with E-state index < -0.39 is 0 Å². The fraction of sp³-hybridized carbons (Fsp3) is 0.500. The Balaban J connectivity index is 2.23. The number of nitrogens with two attached hydrogens (primary N) is 1. The van der Waals surface area contributed by atoms with Gasteiger partial charge in [0.15, 0.2) is 0 Å². The predicted molar refractivity (Wildman–Crippen MR) is 66.5 cm³/mol. The summed E-state index contributed by atoms with van der Waals surface area (Å²) in [4.78, 5) is 18.3. The SMILES string of the molecule is Cc1cc(NN)c(C(=O)N2CCCCC2)cn1. The molecule has 17 heavy (non-hydrogen) atoms. The van der Waals surface area contributed by atoms with Gasteiger partial charge in [-0.15, -0.1) is 0 Å². The molecule has 1 fully saturated rings. The minimum absolute atomic E-state index is 0.0187. The third-order valence-corrected chi connectivity index (χ3v) is 3.07. The molecule has 0 radical (unpaired) electrons. The van der Waals surface area contributed by atoms with E-state index in [1.165, 1.54) is 6.42 Å². The van der Waals surface area contributed by atoms with Gasteiger partial charge >= 0.3 is 0 Å². The predicted octanol–water partition coefficient (Wildman–Crippen LogP) is 1.30. The molecule has 0 saturated carbocycles. The lowest BCUT2D eigenvalue weighted by Gasteiger charge is -2.27. The van der Waals surface area contributed by atoms with Gasteiger partial charge in [0.1, 0.15) is 0 Å². The number of anilines is 1. The molecule has 1 amide bonds. The number of pyridine rings is 1. The van der Waals surface area contributed by atoms with Crippen LogP contribution >= 0.6 is 0 Å². The number of hydrogen-bond donors (Lipinski definition) is 2. The highest BCUT2D eigenvalue weighted by atomic mass is 16.2. The first-order valence-electron chi connectivity index (χ1n) is 5.95. The van der Waals surface area contributed by atoms with Crippen LogP contribution in [-0.4, -0.2) is 28.9 Å². The molecule has 5 heteroatoms. The first kappa shape index (κ1) is 11.9. The number of rotatable bonds is 2. The van der Waals surface area contributed by atoms with Gasteiger partial charge in [-0.3, -0.25) is 15.6 Å². The van der Waals surface area contributed by atoms with E-state index in [9.17, 15) is 4.79 Å². The molecular formula is C12H18N4O. The summed E-state index contributed by atoms with van der Waals surface area (Å²) in [6.07, 6.45) is 4.96. The molecule has 1 aliphatic rings. The van der Waals surface area contributed by atoms with Gasteiger partial charge in [0.25, 0.3) is 5.91 Å². The second-order valence-electron chi connectivity index (χ2n) is 4.37. The van der Waals surface area contributed by atoms with Crippen molar-refractivity contribution in [3.8, 4) is 0 Å². The first-order valence-corrected chi connectivity index (χ1v) is 5.95. The summed E-state index contributed by atoms with van der Waals surface area (Å²) in [6.45, 7) is 3.53. The summed E-state index contributed by atoms with van der Waals surface area (Å²) in [7, 11) is 0. The number of aromatic nitrogens is 1. The minimum atomic E-state index is 0.0187. The average molecular weight is 234 g/mol. The van der Waals surface area contributed by atoms with Crippen LogP contribution in [0.5, 0.6) is 0 Å². The molecule has 0 spiro atoms. The molecule has 1 aromatic rings. The van der Waals surface area contributed by atoms with Gasteiger partial charge in [-0.1, -0.05) is 0 Å². The smallest absolute Gasteiger partial charge is 0.257 e. The van der Waals surface area contributed by atoms with E-state index in [0.717, 1.165) is 31.6 Å². The number of piperidine rings is 1. The van der Waals surface area contributed by atoms with Crippen molar-refractivity contribution in [1.82, 2.24) is 9.88 Å². The van der Waals surface area contributed by atoms with Crippen LogP contribution in [0.3, 0.4) is 0 Å².